The van der Waals surface area contributed by atoms with Gasteiger partial charge >= 0.3 is 11.9 Å². The number of hydrogen-bond acceptors (Lipinski definition) is 8. The van der Waals surface area contributed by atoms with Crippen LogP contribution in [0.3, 0.4) is 0 Å². The number of methoxy groups -OCH3 is 2. The maximum absolute atomic E-state index is 13.5. The van der Waals surface area contributed by atoms with E-state index in [2.05, 4.69) is 11.1 Å². The fourth-order valence-corrected chi connectivity index (χ4v) is 5.05. The lowest BCUT2D eigenvalue weighted by molar-refractivity contribution is -0.139. The van der Waals surface area contributed by atoms with E-state index >= 15 is 0 Å². The van der Waals surface area contributed by atoms with E-state index in [1.807, 2.05) is 13.0 Å². The van der Waals surface area contributed by atoms with Gasteiger partial charge in [0.25, 0.3) is 0 Å². The molecule has 5 rings (SSSR count). The molecule has 0 saturated heterocycles. The highest BCUT2D eigenvalue weighted by atomic mass is 16.5. The largest absolute Gasteiger partial charge is 0.466 e. The van der Waals surface area contributed by atoms with Crippen molar-refractivity contribution in [3.8, 4) is 6.07 Å². The highest BCUT2D eigenvalue weighted by Gasteiger charge is 2.43. The van der Waals surface area contributed by atoms with Crippen LogP contribution < -0.4 is 16.1 Å². The van der Waals surface area contributed by atoms with Gasteiger partial charge in [-0.15, -0.1) is 0 Å². The number of nitrogens with zero attached hydrogens (tertiary/aromatic N) is 2. The fraction of sp³-hybridized carbons (Fsp3) is 0.133. The van der Waals surface area contributed by atoms with Gasteiger partial charge < -0.3 is 20.2 Å². The van der Waals surface area contributed by atoms with E-state index in [9.17, 15) is 19.6 Å². The number of nitriles is 1. The Bertz CT molecular complexity index is 1830. The first-order valence-electron chi connectivity index (χ1n) is 12.0. The second-order valence-corrected chi connectivity index (χ2v) is 9.04. The first kappa shape index (κ1) is 25.3. The number of H-pyrrole nitrogens is 1. The second-order valence-electron chi connectivity index (χ2n) is 9.04. The molecule has 1 unspecified atom stereocenters. The third-order valence-electron chi connectivity index (χ3n) is 6.82. The molecule has 0 fully saturated rings. The molecule has 9 nitrogen and oxygen atoms in total. The van der Waals surface area contributed by atoms with Gasteiger partial charge in [0.2, 0.25) is 0 Å². The van der Waals surface area contributed by atoms with Gasteiger partial charge in [0.05, 0.1) is 48.6 Å². The van der Waals surface area contributed by atoms with Crippen LogP contribution in [0.1, 0.15) is 17.0 Å². The fourth-order valence-electron chi connectivity index (χ4n) is 5.05. The summed E-state index contributed by atoms with van der Waals surface area (Å²) in [6.45, 7) is 1.90. The van der Waals surface area contributed by atoms with E-state index in [1.165, 1.54) is 19.1 Å². The monoisotopic (exact) mass is 520 g/mol. The average Bonchev–Trinajstić information content (AvgIpc) is 2.96. The Labute approximate surface area is 223 Å². The van der Waals surface area contributed by atoms with Gasteiger partial charge in [-0.1, -0.05) is 48.0 Å². The van der Waals surface area contributed by atoms with Crippen molar-refractivity contribution >= 4 is 39.4 Å². The molecule has 0 bridgehead atoms. The zero-order chi connectivity index (χ0) is 27.8. The van der Waals surface area contributed by atoms with Crippen molar-refractivity contribution in [2.45, 2.75) is 12.8 Å². The van der Waals surface area contributed by atoms with Gasteiger partial charge in [0.15, 0.2) is 5.43 Å². The third-order valence-corrected chi connectivity index (χ3v) is 6.82. The zero-order valence-corrected chi connectivity index (χ0v) is 21.4. The lowest BCUT2D eigenvalue weighted by Gasteiger charge is -2.36. The van der Waals surface area contributed by atoms with E-state index in [0.717, 1.165) is 5.56 Å². The SMILES string of the molecule is COC(=O)C1=C(C(=O)OC)N(c2cccc3c(=O)c4cc(C)ccc4[nH]c23)C(N)=C(C#N)C1c1ccccc1. The van der Waals surface area contributed by atoms with Gasteiger partial charge in [0, 0.05) is 16.3 Å². The topological polar surface area (TPSA) is 139 Å². The Balaban J connectivity index is 1.91. The number of pyridine rings is 1. The van der Waals surface area contributed by atoms with Crippen molar-refractivity contribution in [1.29, 1.82) is 5.26 Å². The number of hydrogen-bond donors (Lipinski definition) is 2. The minimum Gasteiger partial charge on any atom is -0.466 e. The van der Waals surface area contributed by atoms with Gasteiger partial charge in [-0.05, 0) is 36.8 Å². The van der Waals surface area contributed by atoms with E-state index in [0.29, 0.717) is 27.4 Å². The predicted octanol–water partition coefficient (Wildman–Crippen LogP) is 3.89. The lowest BCUT2D eigenvalue weighted by Crippen LogP contribution is -2.41. The quantitative estimate of drug-likeness (QED) is 0.305. The molecular weight excluding hydrogens is 496 g/mol. The Morgan fingerprint density at radius 3 is 2.36 bits per heavy atom. The number of esters is 2. The summed E-state index contributed by atoms with van der Waals surface area (Å²) in [6.07, 6.45) is 0. The van der Waals surface area contributed by atoms with Crippen LogP contribution in [0.5, 0.6) is 0 Å². The maximum Gasteiger partial charge on any atom is 0.355 e. The predicted molar refractivity (Wildman–Crippen MR) is 146 cm³/mol. The van der Waals surface area contributed by atoms with Crippen LogP contribution in [0.15, 0.2) is 94.2 Å². The first-order valence-corrected chi connectivity index (χ1v) is 12.0. The van der Waals surface area contributed by atoms with Crippen LogP contribution in [0.4, 0.5) is 5.69 Å². The molecule has 39 heavy (non-hydrogen) atoms. The van der Waals surface area contributed by atoms with Crippen molar-refractivity contribution in [2.24, 2.45) is 5.73 Å². The summed E-state index contributed by atoms with van der Waals surface area (Å²) in [5, 5.41) is 11.1. The van der Waals surface area contributed by atoms with Crippen LogP contribution in [0.2, 0.25) is 0 Å². The number of aryl methyl sites for hydroxylation is 1. The van der Waals surface area contributed by atoms with Gasteiger partial charge in [0.1, 0.15) is 11.5 Å². The highest BCUT2D eigenvalue weighted by molar-refractivity contribution is 6.09. The number of nitrogens with one attached hydrogen (secondary N) is 1. The van der Waals surface area contributed by atoms with Crippen LogP contribution in [-0.2, 0) is 19.1 Å². The van der Waals surface area contributed by atoms with E-state index < -0.39 is 17.9 Å². The molecule has 3 aromatic carbocycles. The number of benzene rings is 3. The van der Waals surface area contributed by atoms with Crippen LogP contribution >= 0.6 is 0 Å². The van der Waals surface area contributed by atoms with Gasteiger partial charge in [-0.3, -0.25) is 9.69 Å². The molecule has 194 valence electrons. The van der Waals surface area contributed by atoms with Crippen LogP contribution in [0, 0.1) is 18.3 Å². The molecule has 2 heterocycles. The lowest BCUT2D eigenvalue weighted by atomic mass is 9.81. The van der Waals surface area contributed by atoms with Gasteiger partial charge in [-0.25, -0.2) is 9.59 Å². The van der Waals surface area contributed by atoms with E-state index in [4.69, 9.17) is 15.2 Å². The summed E-state index contributed by atoms with van der Waals surface area (Å²) in [6, 6.07) is 21.3. The summed E-state index contributed by atoms with van der Waals surface area (Å²) in [7, 11) is 2.37. The smallest absolute Gasteiger partial charge is 0.355 e. The minimum absolute atomic E-state index is 0.0324. The number of aromatic amines is 1. The summed E-state index contributed by atoms with van der Waals surface area (Å²) in [4.78, 5) is 44.8. The number of aromatic nitrogens is 1. The zero-order valence-electron chi connectivity index (χ0n) is 21.4. The molecule has 1 aromatic heterocycles. The Morgan fingerprint density at radius 1 is 0.974 bits per heavy atom. The second kappa shape index (κ2) is 9.84. The number of ether oxygens (including phenoxy) is 2. The van der Waals surface area contributed by atoms with Gasteiger partial charge in [-0.2, -0.15) is 5.26 Å². The summed E-state index contributed by atoms with van der Waals surface area (Å²) < 4.78 is 10.2. The summed E-state index contributed by atoms with van der Waals surface area (Å²) >= 11 is 0. The summed E-state index contributed by atoms with van der Waals surface area (Å²) in [5.41, 5.74) is 8.83. The Morgan fingerprint density at radius 2 is 1.69 bits per heavy atom. The molecule has 9 heteroatoms. The van der Waals surface area contributed by atoms with Crippen LogP contribution in [-0.4, -0.2) is 31.1 Å². The third kappa shape index (κ3) is 3.99. The molecule has 0 radical (unpaired) electrons. The van der Waals surface area contributed by atoms with Crippen molar-refractivity contribution in [1.82, 2.24) is 4.98 Å². The van der Waals surface area contributed by atoms with Crippen molar-refractivity contribution in [3.63, 3.8) is 0 Å². The van der Waals surface area contributed by atoms with Crippen molar-refractivity contribution in [2.75, 3.05) is 19.1 Å². The number of carbonyl (C=O) groups excluding carboxylic acids is 2. The highest BCUT2D eigenvalue weighted by Crippen LogP contribution is 2.44. The first-order chi connectivity index (χ1) is 18.8. The Kier molecular flexibility index (Phi) is 6.38. The molecule has 3 N–H and O–H groups in total. The average molecular weight is 521 g/mol. The van der Waals surface area contributed by atoms with E-state index in [1.54, 1.807) is 60.7 Å². The number of para-hydroxylation sites is 1. The van der Waals surface area contributed by atoms with Crippen molar-refractivity contribution < 1.29 is 19.1 Å². The number of anilines is 1. The number of rotatable bonds is 4. The maximum atomic E-state index is 13.5. The number of allylic oxidation sites excluding steroid dienone is 1. The normalized spacial score (nSPS) is 15.4. The number of nitrogens with two attached hydrogens (primary N) is 1. The Hall–Kier alpha value is -5.36. The molecule has 0 spiro atoms. The molecule has 1 atom stereocenters. The molecule has 0 aliphatic carbocycles. The molecule has 4 aromatic rings. The minimum atomic E-state index is -0.994. The molecule has 0 saturated carbocycles. The number of fused-ring (bicyclic) bond motifs is 2. The standard InChI is InChI=1S/C30H24N4O5/c1-16-12-13-21-19(14-16)27(35)18-10-7-11-22(25(18)33-21)34-26(30(37)39-3)24(29(36)38-2)23(20(15-31)28(34)32)17-8-5-4-6-9-17/h4-14,23H,32H2,1-3H3,(H,33,35). The molecular formula is C30H24N4O5. The van der Waals surface area contributed by atoms with Crippen LogP contribution in [0.25, 0.3) is 21.8 Å². The molecule has 1 aliphatic heterocycles. The van der Waals surface area contributed by atoms with Crippen molar-refractivity contribution in [3.05, 3.63) is 111 Å². The molecule has 0 amide bonds. The number of carbonyl (C=O) groups is 2. The molecule has 1 aliphatic rings. The van der Waals surface area contributed by atoms with E-state index in [-0.39, 0.29) is 33.8 Å². The summed E-state index contributed by atoms with van der Waals surface area (Å²) in [5.74, 6) is -2.78.